The van der Waals surface area contributed by atoms with Crippen molar-refractivity contribution in [3.8, 4) is 11.5 Å². The Bertz CT molecular complexity index is 616. The van der Waals surface area contributed by atoms with Crippen LogP contribution in [0.15, 0.2) is 18.3 Å². The number of nitrogens with zero attached hydrogens (tertiary/aromatic N) is 1. The number of benzene rings is 1. The highest BCUT2D eigenvalue weighted by atomic mass is 16.6. The van der Waals surface area contributed by atoms with E-state index in [0.29, 0.717) is 19.1 Å². The first kappa shape index (κ1) is 13.3. The van der Waals surface area contributed by atoms with Crippen molar-refractivity contribution in [3.05, 3.63) is 23.9 Å². The lowest BCUT2D eigenvalue weighted by atomic mass is 10.0. The molecular weight excluding hydrogens is 254 g/mol. The molecule has 2 heterocycles. The Balaban J connectivity index is 2.14. The molecule has 0 atom stereocenters. The quantitative estimate of drug-likeness (QED) is 0.933. The van der Waals surface area contributed by atoms with Crippen LogP contribution in [0.3, 0.4) is 0 Å². The van der Waals surface area contributed by atoms with Crippen LogP contribution < -0.4 is 9.47 Å². The van der Waals surface area contributed by atoms with Gasteiger partial charge >= 0.3 is 0 Å². The zero-order chi connectivity index (χ0) is 14.1. The summed E-state index contributed by atoms with van der Waals surface area (Å²) < 4.78 is 13.6. The van der Waals surface area contributed by atoms with E-state index < -0.39 is 0 Å². The third-order valence-electron chi connectivity index (χ3n) is 3.76. The largest absolute Gasteiger partial charge is 0.486 e. The standard InChI is InChI=1S/C16H21NO3/c1-11(2)13-10-17(4-3-5-18)14-9-16-15(8-12(13)14)19-6-7-20-16/h8-11,18H,3-7H2,1-2H3. The number of aliphatic hydroxyl groups excluding tert-OH is 1. The molecule has 3 rings (SSSR count). The highest BCUT2D eigenvalue weighted by Gasteiger charge is 2.18. The van der Waals surface area contributed by atoms with Gasteiger partial charge in [0.15, 0.2) is 11.5 Å². The van der Waals surface area contributed by atoms with E-state index in [1.165, 1.54) is 10.9 Å². The Labute approximate surface area is 118 Å². The molecule has 4 nitrogen and oxygen atoms in total. The van der Waals surface area contributed by atoms with Gasteiger partial charge in [0.25, 0.3) is 0 Å². The van der Waals surface area contributed by atoms with Crippen LogP contribution in [-0.2, 0) is 6.54 Å². The number of fused-ring (bicyclic) bond motifs is 2. The van der Waals surface area contributed by atoms with Crippen LogP contribution in [0, 0.1) is 0 Å². The van der Waals surface area contributed by atoms with Crippen LogP contribution >= 0.6 is 0 Å². The van der Waals surface area contributed by atoms with Gasteiger partial charge in [-0.15, -0.1) is 0 Å². The van der Waals surface area contributed by atoms with E-state index in [1.54, 1.807) is 0 Å². The van der Waals surface area contributed by atoms with Crippen molar-refractivity contribution in [2.24, 2.45) is 0 Å². The van der Waals surface area contributed by atoms with Gasteiger partial charge in [0.1, 0.15) is 13.2 Å². The Morgan fingerprint density at radius 2 is 1.90 bits per heavy atom. The fourth-order valence-electron chi connectivity index (χ4n) is 2.74. The van der Waals surface area contributed by atoms with E-state index in [0.717, 1.165) is 30.0 Å². The zero-order valence-electron chi connectivity index (χ0n) is 12.1. The summed E-state index contributed by atoms with van der Waals surface area (Å²) in [5, 5.41) is 10.3. The maximum Gasteiger partial charge on any atom is 0.163 e. The van der Waals surface area contributed by atoms with Crippen molar-refractivity contribution in [1.29, 1.82) is 0 Å². The lowest BCUT2D eigenvalue weighted by Crippen LogP contribution is -2.15. The minimum Gasteiger partial charge on any atom is -0.486 e. The molecule has 0 fully saturated rings. The van der Waals surface area contributed by atoms with Gasteiger partial charge in [0.2, 0.25) is 0 Å². The lowest BCUT2D eigenvalue weighted by molar-refractivity contribution is 0.172. The molecule has 0 radical (unpaired) electrons. The molecule has 0 unspecified atom stereocenters. The molecule has 0 aliphatic carbocycles. The van der Waals surface area contributed by atoms with Gasteiger partial charge < -0.3 is 19.1 Å². The van der Waals surface area contributed by atoms with Crippen LogP contribution in [0.5, 0.6) is 11.5 Å². The van der Waals surface area contributed by atoms with Gasteiger partial charge in [0, 0.05) is 30.8 Å². The monoisotopic (exact) mass is 275 g/mol. The highest BCUT2D eigenvalue weighted by Crippen LogP contribution is 2.38. The molecule has 1 aromatic carbocycles. The van der Waals surface area contributed by atoms with Gasteiger partial charge in [-0.05, 0) is 24.0 Å². The topological polar surface area (TPSA) is 43.6 Å². The van der Waals surface area contributed by atoms with E-state index in [1.807, 2.05) is 0 Å². The number of aliphatic hydroxyl groups is 1. The fraction of sp³-hybridized carbons (Fsp3) is 0.500. The maximum atomic E-state index is 9.05. The first-order chi connectivity index (χ1) is 9.70. The molecule has 4 heteroatoms. The number of hydrogen-bond acceptors (Lipinski definition) is 3. The van der Waals surface area contributed by atoms with E-state index in [4.69, 9.17) is 14.6 Å². The van der Waals surface area contributed by atoms with Crippen molar-refractivity contribution in [3.63, 3.8) is 0 Å². The minimum absolute atomic E-state index is 0.210. The number of ether oxygens (including phenoxy) is 2. The summed E-state index contributed by atoms with van der Waals surface area (Å²) in [6, 6.07) is 4.15. The Morgan fingerprint density at radius 3 is 2.55 bits per heavy atom. The number of rotatable bonds is 4. The van der Waals surface area contributed by atoms with Crippen LogP contribution in [0.4, 0.5) is 0 Å². The van der Waals surface area contributed by atoms with E-state index >= 15 is 0 Å². The molecule has 0 amide bonds. The molecule has 1 N–H and O–H groups in total. The van der Waals surface area contributed by atoms with Gasteiger partial charge in [-0.3, -0.25) is 0 Å². The summed E-state index contributed by atoms with van der Waals surface area (Å²) in [6.07, 6.45) is 2.95. The molecule has 0 bridgehead atoms. The molecule has 1 aromatic heterocycles. The third kappa shape index (κ3) is 2.24. The first-order valence-electron chi connectivity index (χ1n) is 7.24. The molecular formula is C16H21NO3. The number of aromatic nitrogens is 1. The smallest absolute Gasteiger partial charge is 0.163 e. The van der Waals surface area contributed by atoms with Crippen LogP contribution in [0.2, 0.25) is 0 Å². The van der Waals surface area contributed by atoms with Crippen LogP contribution in [0.25, 0.3) is 10.9 Å². The number of aryl methyl sites for hydroxylation is 1. The predicted octanol–water partition coefficient (Wildman–Crippen LogP) is 2.92. The lowest BCUT2D eigenvalue weighted by Gasteiger charge is -2.19. The number of hydrogen-bond donors (Lipinski definition) is 1. The minimum atomic E-state index is 0.210. The van der Waals surface area contributed by atoms with Crippen molar-refractivity contribution < 1.29 is 14.6 Å². The Hall–Kier alpha value is -1.68. The maximum absolute atomic E-state index is 9.05. The second-order valence-corrected chi connectivity index (χ2v) is 5.52. The Kier molecular flexibility index (Phi) is 3.57. The fourth-order valence-corrected chi connectivity index (χ4v) is 2.74. The summed E-state index contributed by atoms with van der Waals surface area (Å²) in [5.41, 5.74) is 2.47. The summed E-state index contributed by atoms with van der Waals surface area (Å²) in [6.45, 7) is 6.64. The summed E-state index contributed by atoms with van der Waals surface area (Å²) >= 11 is 0. The predicted molar refractivity (Wildman–Crippen MR) is 78.7 cm³/mol. The summed E-state index contributed by atoms with van der Waals surface area (Å²) in [5.74, 6) is 2.11. The summed E-state index contributed by atoms with van der Waals surface area (Å²) in [4.78, 5) is 0. The van der Waals surface area contributed by atoms with Gasteiger partial charge in [-0.25, -0.2) is 0 Å². The molecule has 1 aliphatic rings. The van der Waals surface area contributed by atoms with Crippen molar-refractivity contribution >= 4 is 10.9 Å². The molecule has 1 aliphatic heterocycles. The highest BCUT2D eigenvalue weighted by molar-refractivity contribution is 5.88. The van der Waals surface area contributed by atoms with Gasteiger partial charge in [0.05, 0.1) is 5.52 Å². The summed E-state index contributed by atoms with van der Waals surface area (Å²) in [7, 11) is 0. The third-order valence-corrected chi connectivity index (χ3v) is 3.76. The van der Waals surface area contributed by atoms with Crippen LogP contribution in [-0.4, -0.2) is 29.5 Å². The second kappa shape index (κ2) is 5.37. The average Bonchev–Trinajstić information content (AvgIpc) is 2.81. The van der Waals surface area contributed by atoms with Crippen LogP contribution in [0.1, 0.15) is 31.7 Å². The molecule has 0 spiro atoms. The Morgan fingerprint density at radius 1 is 1.20 bits per heavy atom. The first-order valence-corrected chi connectivity index (χ1v) is 7.24. The molecule has 2 aromatic rings. The molecule has 108 valence electrons. The van der Waals surface area contributed by atoms with E-state index in [-0.39, 0.29) is 6.61 Å². The SMILES string of the molecule is CC(C)c1cn(CCCO)c2cc3c(cc12)OCCO3. The van der Waals surface area contributed by atoms with Gasteiger partial charge in [-0.1, -0.05) is 13.8 Å². The van der Waals surface area contributed by atoms with E-state index in [9.17, 15) is 0 Å². The van der Waals surface area contributed by atoms with Gasteiger partial charge in [-0.2, -0.15) is 0 Å². The zero-order valence-corrected chi connectivity index (χ0v) is 12.1. The average molecular weight is 275 g/mol. The molecule has 0 saturated carbocycles. The van der Waals surface area contributed by atoms with Crippen molar-refractivity contribution in [2.75, 3.05) is 19.8 Å². The van der Waals surface area contributed by atoms with Crippen molar-refractivity contribution in [1.82, 2.24) is 4.57 Å². The molecule has 20 heavy (non-hydrogen) atoms. The normalized spacial score (nSPS) is 14.2. The second-order valence-electron chi connectivity index (χ2n) is 5.52. The molecule has 0 saturated heterocycles. The van der Waals surface area contributed by atoms with Crippen molar-refractivity contribution in [2.45, 2.75) is 32.7 Å². The van der Waals surface area contributed by atoms with E-state index in [2.05, 4.69) is 36.7 Å².